The first kappa shape index (κ1) is 25.2. The van der Waals surface area contributed by atoms with Crippen molar-refractivity contribution in [1.82, 2.24) is 4.72 Å². The maximum absolute atomic E-state index is 14.3. The molecule has 0 saturated carbocycles. The van der Waals surface area contributed by atoms with Gasteiger partial charge in [-0.25, -0.2) is 17.5 Å². The number of halogens is 6. The van der Waals surface area contributed by atoms with Crippen LogP contribution in [0.5, 0.6) is 11.5 Å². The summed E-state index contributed by atoms with van der Waals surface area (Å²) in [5.74, 6) is -2.80. The summed E-state index contributed by atoms with van der Waals surface area (Å²) in [7, 11) is -3.89. The lowest BCUT2D eigenvalue weighted by Gasteiger charge is -2.42. The van der Waals surface area contributed by atoms with Crippen molar-refractivity contribution in [3.8, 4) is 11.5 Å². The summed E-state index contributed by atoms with van der Waals surface area (Å²) < 4.78 is 84.8. The van der Waals surface area contributed by atoms with Crippen molar-refractivity contribution in [3.63, 3.8) is 0 Å². The van der Waals surface area contributed by atoms with E-state index in [0.29, 0.717) is 18.7 Å². The lowest BCUT2D eigenvalue weighted by atomic mass is 10.0. The van der Waals surface area contributed by atoms with Gasteiger partial charge in [0.05, 0.1) is 27.9 Å². The third-order valence-electron chi connectivity index (χ3n) is 4.59. The van der Waals surface area contributed by atoms with Crippen molar-refractivity contribution in [2.75, 3.05) is 24.3 Å². The molecule has 14 heteroatoms. The van der Waals surface area contributed by atoms with Crippen molar-refractivity contribution in [3.05, 3.63) is 51.8 Å². The zero-order chi connectivity index (χ0) is 24.6. The predicted molar refractivity (Wildman–Crippen MR) is 113 cm³/mol. The Hall–Kier alpha value is -2.44. The van der Waals surface area contributed by atoms with Crippen molar-refractivity contribution in [1.29, 1.82) is 0 Å². The molecule has 0 spiro atoms. The molecule has 7 nitrogen and oxygen atoms in total. The van der Waals surface area contributed by atoms with E-state index in [-0.39, 0.29) is 28.4 Å². The monoisotopic (exact) mass is 530 g/mol. The highest BCUT2D eigenvalue weighted by Gasteiger charge is 2.33. The number of sulfonamides is 1. The molecule has 0 unspecified atom stereocenters. The number of alkyl halides is 3. The van der Waals surface area contributed by atoms with Gasteiger partial charge in [0.25, 0.3) is 5.91 Å². The molecular weight excluding hydrogens is 515 g/mol. The number of benzene rings is 2. The Balaban J connectivity index is 1.66. The van der Waals surface area contributed by atoms with Crippen molar-refractivity contribution < 1.29 is 40.2 Å². The van der Waals surface area contributed by atoms with Crippen LogP contribution in [0.3, 0.4) is 0 Å². The Morgan fingerprint density at radius 2 is 1.85 bits per heavy atom. The number of carbonyl (C=O) groups is 1. The van der Waals surface area contributed by atoms with Gasteiger partial charge in [0, 0.05) is 18.3 Å². The second kappa shape index (κ2) is 9.43. The van der Waals surface area contributed by atoms with E-state index in [2.05, 4.69) is 4.74 Å². The molecule has 1 N–H and O–H groups in total. The molecule has 1 fully saturated rings. The number of nitrogens with zero attached hydrogens (tertiary/aromatic N) is 1. The third kappa shape index (κ3) is 6.55. The maximum atomic E-state index is 14.3. The molecule has 2 aromatic rings. The van der Waals surface area contributed by atoms with Gasteiger partial charge in [-0.1, -0.05) is 23.2 Å². The Morgan fingerprint density at radius 3 is 2.39 bits per heavy atom. The van der Waals surface area contributed by atoms with Gasteiger partial charge in [0.1, 0.15) is 23.9 Å². The molecule has 1 amide bonds. The zero-order valence-electron chi connectivity index (χ0n) is 16.7. The largest absolute Gasteiger partial charge is 0.573 e. The molecule has 0 radical (unpaired) electrons. The molecule has 1 aliphatic rings. The van der Waals surface area contributed by atoms with Gasteiger partial charge in [0.2, 0.25) is 10.0 Å². The standard InChI is InChI=1S/C19H16Cl2F4N2O5S/c1-33(29,30)26-18(28)12-7-14(21)17(8-15(12)22)31-9-11-4-5-27(11)10-2-3-16(13(20)6-10)32-19(23,24)25/h2-3,6-8,11H,4-5,9H2,1H3,(H,26,28)/t11-/m0/s1. The summed E-state index contributed by atoms with van der Waals surface area (Å²) in [6.45, 7) is 0.628. The second-order valence-corrected chi connectivity index (χ2v) is 9.64. The van der Waals surface area contributed by atoms with Crippen LogP contribution >= 0.6 is 23.2 Å². The first-order valence-electron chi connectivity index (χ1n) is 9.19. The first-order valence-corrected chi connectivity index (χ1v) is 11.8. The van der Waals surface area contributed by atoms with Gasteiger partial charge in [-0.3, -0.25) is 4.79 Å². The number of hydrogen-bond donors (Lipinski definition) is 1. The van der Waals surface area contributed by atoms with E-state index in [1.54, 1.807) is 4.72 Å². The highest BCUT2D eigenvalue weighted by Crippen LogP contribution is 2.36. The predicted octanol–water partition coefficient (Wildman–Crippen LogP) is 4.38. The smallest absolute Gasteiger partial charge is 0.490 e. The van der Waals surface area contributed by atoms with Crippen molar-refractivity contribution in [2.24, 2.45) is 0 Å². The summed E-state index contributed by atoms with van der Waals surface area (Å²) in [6, 6.07) is 5.46. The fourth-order valence-electron chi connectivity index (χ4n) is 3.05. The van der Waals surface area contributed by atoms with Gasteiger partial charge in [-0.2, -0.15) is 0 Å². The van der Waals surface area contributed by atoms with Gasteiger partial charge >= 0.3 is 6.36 Å². The van der Waals surface area contributed by atoms with Crippen LogP contribution in [-0.4, -0.2) is 46.1 Å². The third-order valence-corrected chi connectivity index (χ3v) is 5.74. The molecule has 1 saturated heterocycles. The van der Waals surface area contributed by atoms with Gasteiger partial charge < -0.3 is 14.4 Å². The van der Waals surface area contributed by atoms with E-state index in [1.165, 1.54) is 12.1 Å². The summed E-state index contributed by atoms with van der Waals surface area (Å²) in [4.78, 5) is 13.7. The Kier molecular flexibility index (Phi) is 7.20. The molecule has 1 heterocycles. The fourth-order valence-corrected chi connectivity index (χ4v) is 3.93. The quantitative estimate of drug-likeness (QED) is 0.535. The van der Waals surface area contributed by atoms with Crippen LogP contribution in [0.4, 0.5) is 23.2 Å². The van der Waals surface area contributed by atoms with E-state index in [4.69, 9.17) is 27.9 Å². The minimum atomic E-state index is -4.87. The Bertz CT molecular complexity index is 1180. The molecule has 1 aliphatic heterocycles. The SMILES string of the molecule is CS(=O)(=O)NC(=O)c1cc(Cl)c(OC[C@@H]2CCN2c2ccc(OC(F)(F)F)c(Cl)c2)cc1F. The number of amides is 1. The van der Waals surface area contributed by atoms with Crippen molar-refractivity contribution >= 4 is 44.8 Å². The van der Waals surface area contributed by atoms with E-state index in [1.807, 2.05) is 4.90 Å². The molecule has 180 valence electrons. The van der Waals surface area contributed by atoms with Crippen LogP contribution in [0.1, 0.15) is 16.8 Å². The number of rotatable bonds is 7. The van der Waals surface area contributed by atoms with Gasteiger partial charge in [0.15, 0.2) is 0 Å². The average molecular weight is 531 g/mol. The van der Waals surface area contributed by atoms with E-state index in [9.17, 15) is 30.8 Å². The topological polar surface area (TPSA) is 84.9 Å². The summed E-state index contributed by atoms with van der Waals surface area (Å²) in [5.41, 5.74) is -0.0294. The number of hydrogen-bond acceptors (Lipinski definition) is 6. The number of anilines is 1. The lowest BCUT2D eigenvalue weighted by molar-refractivity contribution is -0.274. The average Bonchev–Trinajstić information content (AvgIpc) is 2.63. The minimum Gasteiger partial charge on any atom is -0.490 e. The summed E-state index contributed by atoms with van der Waals surface area (Å²) in [5, 5.41) is -0.331. The molecule has 3 rings (SSSR count). The molecule has 0 aromatic heterocycles. The fraction of sp³-hybridized carbons (Fsp3) is 0.316. The zero-order valence-corrected chi connectivity index (χ0v) is 19.1. The van der Waals surface area contributed by atoms with Crippen LogP contribution in [0.15, 0.2) is 30.3 Å². The highest BCUT2D eigenvalue weighted by atomic mass is 35.5. The van der Waals surface area contributed by atoms with Crippen LogP contribution in [-0.2, 0) is 10.0 Å². The first-order chi connectivity index (χ1) is 15.2. The molecular formula is C19H16Cl2F4N2O5S. The normalized spacial score (nSPS) is 16.2. The minimum absolute atomic E-state index is 0.0481. The van der Waals surface area contributed by atoms with Crippen molar-refractivity contribution in [2.45, 2.75) is 18.8 Å². The van der Waals surface area contributed by atoms with Crippen LogP contribution < -0.4 is 19.1 Å². The van der Waals surface area contributed by atoms with E-state index >= 15 is 0 Å². The number of carbonyl (C=O) groups excluding carboxylic acids is 1. The van der Waals surface area contributed by atoms with Crippen LogP contribution in [0, 0.1) is 5.82 Å². The summed E-state index contributed by atoms with van der Waals surface area (Å²) >= 11 is 11.9. The second-order valence-electron chi connectivity index (χ2n) is 7.08. The van der Waals surface area contributed by atoms with Crippen LogP contribution in [0.2, 0.25) is 10.0 Å². The molecule has 0 bridgehead atoms. The Morgan fingerprint density at radius 1 is 1.18 bits per heavy atom. The molecule has 2 aromatic carbocycles. The molecule has 1 atom stereocenters. The lowest BCUT2D eigenvalue weighted by Crippen LogP contribution is -2.51. The maximum Gasteiger partial charge on any atom is 0.573 e. The van der Waals surface area contributed by atoms with Crippen LogP contribution in [0.25, 0.3) is 0 Å². The van der Waals surface area contributed by atoms with Gasteiger partial charge in [-0.05, 0) is 30.7 Å². The van der Waals surface area contributed by atoms with E-state index in [0.717, 1.165) is 24.5 Å². The highest BCUT2D eigenvalue weighted by molar-refractivity contribution is 7.89. The molecule has 0 aliphatic carbocycles. The number of ether oxygens (including phenoxy) is 2. The number of nitrogens with one attached hydrogen (secondary N) is 1. The molecule has 33 heavy (non-hydrogen) atoms. The van der Waals surface area contributed by atoms with Gasteiger partial charge in [-0.15, -0.1) is 13.2 Å². The summed E-state index contributed by atoms with van der Waals surface area (Å²) in [6.07, 6.45) is -3.45. The Labute approximate surface area is 196 Å². The van der Waals surface area contributed by atoms with E-state index < -0.39 is 39.4 Å².